The fraction of sp³-hybridized carbons (Fsp3) is 0.538. The summed E-state index contributed by atoms with van der Waals surface area (Å²) in [5.74, 6) is 0. The number of fused-ring (bicyclic) bond motifs is 1. The number of hydrogen-bond acceptors (Lipinski definition) is 4. The van der Waals surface area contributed by atoms with Crippen molar-refractivity contribution in [2.45, 2.75) is 12.5 Å². The van der Waals surface area contributed by atoms with E-state index in [2.05, 4.69) is 11.4 Å². The van der Waals surface area contributed by atoms with Gasteiger partial charge in [0.1, 0.15) is 6.61 Å². The molecule has 2 aliphatic rings. The van der Waals surface area contributed by atoms with Gasteiger partial charge in [0.2, 0.25) is 0 Å². The fourth-order valence-electron chi connectivity index (χ4n) is 2.53. The number of hydrogen-bond donors (Lipinski definition) is 1. The van der Waals surface area contributed by atoms with E-state index in [0.29, 0.717) is 32.8 Å². The lowest BCUT2D eigenvalue weighted by Gasteiger charge is -2.35. The van der Waals surface area contributed by atoms with Crippen LogP contribution in [-0.2, 0) is 11.2 Å². The van der Waals surface area contributed by atoms with Gasteiger partial charge in [-0.1, -0.05) is 6.07 Å². The number of urea groups is 1. The Labute approximate surface area is 121 Å². The first kappa shape index (κ1) is 13.2. The van der Waals surface area contributed by atoms with E-state index in [-0.39, 0.29) is 18.2 Å². The van der Waals surface area contributed by atoms with Crippen LogP contribution in [0.25, 0.3) is 0 Å². The Morgan fingerprint density at radius 2 is 2.40 bits per heavy atom. The highest BCUT2D eigenvalue weighted by atomic mass is 32.1. The third kappa shape index (κ3) is 2.72. The van der Waals surface area contributed by atoms with E-state index < -0.39 is 0 Å². The van der Waals surface area contributed by atoms with Crippen molar-refractivity contribution in [1.29, 1.82) is 0 Å². The molecule has 0 bridgehead atoms. The molecule has 0 unspecified atom stereocenters. The molecule has 0 spiro atoms. The van der Waals surface area contributed by atoms with Gasteiger partial charge in [0.25, 0.3) is 0 Å². The average molecular weight is 295 g/mol. The molecule has 108 valence electrons. The first-order chi connectivity index (χ1) is 9.74. The highest BCUT2D eigenvalue weighted by Crippen LogP contribution is 2.17. The van der Waals surface area contributed by atoms with Crippen LogP contribution in [0.15, 0.2) is 17.5 Å². The summed E-state index contributed by atoms with van der Waals surface area (Å²) in [6.45, 7) is 2.70. The second kappa shape index (κ2) is 5.70. The van der Waals surface area contributed by atoms with Gasteiger partial charge in [-0.15, -0.1) is 11.3 Å². The molecule has 1 aromatic heterocycles. The molecule has 2 saturated heterocycles. The van der Waals surface area contributed by atoms with Gasteiger partial charge in [0.15, 0.2) is 0 Å². The first-order valence-corrected chi connectivity index (χ1v) is 7.60. The SMILES string of the molecule is O=C(NCCc1cccs1)N1CCN2C(=O)OC[C@@H]2C1. The van der Waals surface area contributed by atoms with Gasteiger partial charge in [0, 0.05) is 31.1 Å². The second-order valence-corrected chi connectivity index (χ2v) is 5.96. The van der Waals surface area contributed by atoms with Crippen LogP contribution in [0.1, 0.15) is 4.88 Å². The minimum Gasteiger partial charge on any atom is -0.447 e. The molecular formula is C13H17N3O3S. The summed E-state index contributed by atoms with van der Waals surface area (Å²) in [6, 6.07) is 4.04. The van der Waals surface area contributed by atoms with E-state index in [1.807, 2.05) is 11.4 Å². The van der Waals surface area contributed by atoms with Crippen LogP contribution >= 0.6 is 11.3 Å². The molecule has 20 heavy (non-hydrogen) atoms. The summed E-state index contributed by atoms with van der Waals surface area (Å²) in [4.78, 5) is 28.2. The Bertz CT molecular complexity index is 491. The minimum atomic E-state index is -0.257. The van der Waals surface area contributed by atoms with Crippen molar-refractivity contribution in [2.24, 2.45) is 0 Å². The van der Waals surface area contributed by atoms with Gasteiger partial charge >= 0.3 is 12.1 Å². The molecular weight excluding hydrogens is 278 g/mol. The highest BCUT2D eigenvalue weighted by Gasteiger charge is 2.38. The number of rotatable bonds is 3. The number of cyclic esters (lactones) is 1. The van der Waals surface area contributed by atoms with Gasteiger partial charge in [-0.3, -0.25) is 4.90 Å². The number of nitrogens with one attached hydrogen (secondary N) is 1. The van der Waals surface area contributed by atoms with Gasteiger partial charge in [0.05, 0.1) is 6.04 Å². The van der Waals surface area contributed by atoms with Crippen molar-refractivity contribution in [1.82, 2.24) is 15.1 Å². The van der Waals surface area contributed by atoms with Crippen LogP contribution in [0.5, 0.6) is 0 Å². The molecule has 2 fully saturated rings. The normalized spacial score (nSPS) is 21.6. The van der Waals surface area contributed by atoms with Gasteiger partial charge < -0.3 is 15.0 Å². The van der Waals surface area contributed by atoms with Crippen LogP contribution in [0.3, 0.4) is 0 Å². The molecule has 3 heterocycles. The lowest BCUT2D eigenvalue weighted by Crippen LogP contribution is -2.56. The Balaban J connectivity index is 1.45. The monoisotopic (exact) mass is 295 g/mol. The Morgan fingerprint density at radius 1 is 1.50 bits per heavy atom. The predicted octanol–water partition coefficient (Wildman–Crippen LogP) is 1.14. The Morgan fingerprint density at radius 3 is 3.20 bits per heavy atom. The summed E-state index contributed by atoms with van der Waals surface area (Å²) in [7, 11) is 0. The molecule has 2 aliphatic heterocycles. The Hall–Kier alpha value is -1.76. The van der Waals surface area contributed by atoms with E-state index >= 15 is 0 Å². The summed E-state index contributed by atoms with van der Waals surface area (Å²) in [5, 5.41) is 4.97. The third-order valence-corrected chi connectivity index (χ3v) is 4.57. The minimum absolute atomic E-state index is 0.0132. The molecule has 0 saturated carbocycles. The van der Waals surface area contributed by atoms with E-state index in [1.165, 1.54) is 4.88 Å². The zero-order valence-electron chi connectivity index (χ0n) is 11.1. The summed E-state index contributed by atoms with van der Waals surface area (Å²) >= 11 is 1.70. The van der Waals surface area contributed by atoms with Gasteiger partial charge in [-0.05, 0) is 17.9 Å². The number of piperazine rings is 1. The summed E-state index contributed by atoms with van der Waals surface area (Å²) in [6.07, 6.45) is 0.599. The molecule has 3 amide bonds. The van der Waals surface area contributed by atoms with Crippen LogP contribution in [0, 0.1) is 0 Å². The lowest BCUT2D eigenvalue weighted by molar-refractivity contribution is 0.127. The average Bonchev–Trinajstić information content (AvgIpc) is 3.09. The van der Waals surface area contributed by atoms with Crippen molar-refractivity contribution >= 4 is 23.5 Å². The molecule has 0 aliphatic carbocycles. The predicted molar refractivity (Wildman–Crippen MR) is 74.8 cm³/mol. The van der Waals surface area contributed by atoms with Crippen LogP contribution in [-0.4, -0.2) is 60.8 Å². The third-order valence-electron chi connectivity index (χ3n) is 3.63. The standard InChI is InChI=1S/C13H17N3O3S/c17-12(14-4-3-11-2-1-7-20-11)15-5-6-16-10(8-15)9-19-13(16)18/h1-2,7,10H,3-6,8-9H2,(H,14,17)/t10-/m0/s1. The zero-order chi connectivity index (χ0) is 13.9. The van der Waals surface area contributed by atoms with Crippen LogP contribution in [0.4, 0.5) is 9.59 Å². The largest absolute Gasteiger partial charge is 0.447 e. The van der Waals surface area contributed by atoms with Gasteiger partial charge in [-0.2, -0.15) is 0 Å². The molecule has 6 nitrogen and oxygen atoms in total. The molecule has 1 N–H and O–H groups in total. The number of ether oxygens (including phenoxy) is 1. The van der Waals surface area contributed by atoms with Crippen molar-refractivity contribution in [3.05, 3.63) is 22.4 Å². The highest BCUT2D eigenvalue weighted by molar-refractivity contribution is 7.09. The number of thiophene rings is 1. The van der Waals surface area contributed by atoms with Crippen molar-refractivity contribution in [3.63, 3.8) is 0 Å². The van der Waals surface area contributed by atoms with Crippen molar-refractivity contribution < 1.29 is 14.3 Å². The number of carbonyl (C=O) groups excluding carboxylic acids is 2. The van der Waals surface area contributed by atoms with E-state index in [4.69, 9.17) is 4.74 Å². The number of amides is 3. The molecule has 3 rings (SSSR count). The molecule has 0 aromatic carbocycles. The van der Waals surface area contributed by atoms with E-state index in [0.717, 1.165) is 6.42 Å². The second-order valence-electron chi connectivity index (χ2n) is 4.93. The smallest absolute Gasteiger partial charge is 0.410 e. The summed E-state index contributed by atoms with van der Waals surface area (Å²) in [5.41, 5.74) is 0. The number of carbonyl (C=O) groups is 2. The maximum atomic E-state index is 12.1. The van der Waals surface area contributed by atoms with Gasteiger partial charge in [-0.25, -0.2) is 9.59 Å². The van der Waals surface area contributed by atoms with Crippen molar-refractivity contribution in [2.75, 3.05) is 32.8 Å². The molecule has 7 heteroatoms. The maximum absolute atomic E-state index is 12.1. The van der Waals surface area contributed by atoms with Crippen molar-refractivity contribution in [3.8, 4) is 0 Å². The topological polar surface area (TPSA) is 61.9 Å². The van der Waals surface area contributed by atoms with Crippen LogP contribution in [0.2, 0.25) is 0 Å². The van der Waals surface area contributed by atoms with Crippen LogP contribution < -0.4 is 5.32 Å². The summed E-state index contributed by atoms with van der Waals surface area (Å²) < 4.78 is 4.99. The fourth-order valence-corrected chi connectivity index (χ4v) is 3.24. The Kier molecular flexibility index (Phi) is 3.77. The molecule has 1 atom stereocenters. The van der Waals surface area contributed by atoms with E-state index in [9.17, 15) is 9.59 Å². The molecule has 1 aromatic rings. The maximum Gasteiger partial charge on any atom is 0.410 e. The quantitative estimate of drug-likeness (QED) is 0.909. The molecule has 0 radical (unpaired) electrons. The zero-order valence-corrected chi connectivity index (χ0v) is 11.9. The lowest BCUT2D eigenvalue weighted by atomic mass is 10.2. The first-order valence-electron chi connectivity index (χ1n) is 6.72. The van der Waals surface area contributed by atoms with E-state index in [1.54, 1.807) is 21.1 Å². The number of nitrogens with zero attached hydrogens (tertiary/aromatic N) is 2.